The summed E-state index contributed by atoms with van der Waals surface area (Å²) in [6.45, 7) is 10.1. The zero-order valence-corrected chi connectivity index (χ0v) is 12.9. The molecule has 2 atom stereocenters. The van der Waals surface area contributed by atoms with Gasteiger partial charge in [0, 0.05) is 18.6 Å². The lowest BCUT2D eigenvalue weighted by Crippen LogP contribution is -2.45. The Morgan fingerprint density at radius 3 is 2.79 bits per heavy atom. The maximum atomic E-state index is 12.0. The minimum absolute atomic E-state index is 0.174. The third kappa shape index (κ3) is 6.92. The van der Waals surface area contributed by atoms with Gasteiger partial charge in [0.2, 0.25) is 5.91 Å². The maximum Gasteiger partial charge on any atom is 0.234 e. The molecule has 0 aliphatic carbocycles. The lowest BCUT2D eigenvalue weighted by Gasteiger charge is -2.25. The van der Waals surface area contributed by atoms with E-state index < -0.39 is 0 Å². The molecule has 0 radical (unpaired) electrons. The number of hydrogen-bond acceptors (Lipinski definition) is 3. The normalized spacial score (nSPS) is 20.7. The first-order chi connectivity index (χ1) is 9.15. The van der Waals surface area contributed by atoms with Crippen LogP contribution in [0.4, 0.5) is 0 Å². The minimum Gasteiger partial charge on any atom is -0.353 e. The van der Waals surface area contributed by atoms with E-state index in [2.05, 4.69) is 36.3 Å². The smallest absolute Gasteiger partial charge is 0.234 e. The average molecular weight is 269 g/mol. The highest BCUT2D eigenvalue weighted by Crippen LogP contribution is 2.07. The van der Waals surface area contributed by atoms with Crippen molar-refractivity contribution in [3.63, 3.8) is 0 Å². The number of nitrogens with zero attached hydrogens (tertiary/aromatic N) is 1. The monoisotopic (exact) mass is 269 g/mol. The molecule has 4 nitrogen and oxygen atoms in total. The molecule has 1 amide bonds. The number of rotatable bonds is 9. The number of carbonyl (C=O) groups is 1. The zero-order chi connectivity index (χ0) is 14.1. The molecule has 4 heteroatoms. The van der Waals surface area contributed by atoms with Gasteiger partial charge in [0.25, 0.3) is 0 Å². The van der Waals surface area contributed by atoms with E-state index in [9.17, 15) is 4.79 Å². The van der Waals surface area contributed by atoms with Crippen LogP contribution in [0.15, 0.2) is 0 Å². The highest BCUT2D eigenvalue weighted by molar-refractivity contribution is 5.78. The molecule has 1 aliphatic heterocycles. The van der Waals surface area contributed by atoms with Crippen LogP contribution < -0.4 is 10.6 Å². The van der Waals surface area contributed by atoms with Gasteiger partial charge in [0.15, 0.2) is 0 Å². The molecule has 1 heterocycles. The van der Waals surface area contributed by atoms with Gasteiger partial charge in [-0.05, 0) is 45.7 Å². The second-order valence-electron chi connectivity index (χ2n) is 5.79. The SMILES string of the molecule is CCCC(C)NC(=O)CN(CCC)CC1CCCN1. The fraction of sp³-hybridized carbons (Fsp3) is 0.933. The molecule has 0 spiro atoms. The highest BCUT2D eigenvalue weighted by atomic mass is 16.2. The molecular weight excluding hydrogens is 238 g/mol. The van der Waals surface area contributed by atoms with Crippen LogP contribution in [0.5, 0.6) is 0 Å². The summed E-state index contributed by atoms with van der Waals surface area (Å²) in [6, 6.07) is 0.873. The zero-order valence-electron chi connectivity index (χ0n) is 12.9. The third-order valence-electron chi connectivity index (χ3n) is 3.68. The van der Waals surface area contributed by atoms with E-state index in [1.807, 2.05) is 0 Å². The third-order valence-corrected chi connectivity index (χ3v) is 3.68. The van der Waals surface area contributed by atoms with Crippen molar-refractivity contribution in [3.05, 3.63) is 0 Å². The number of nitrogens with one attached hydrogen (secondary N) is 2. The molecule has 1 rings (SSSR count). The fourth-order valence-corrected chi connectivity index (χ4v) is 2.80. The van der Waals surface area contributed by atoms with Crippen LogP contribution in [0.25, 0.3) is 0 Å². The van der Waals surface area contributed by atoms with Gasteiger partial charge in [-0.25, -0.2) is 0 Å². The maximum absolute atomic E-state index is 12.0. The van der Waals surface area contributed by atoms with Crippen molar-refractivity contribution >= 4 is 5.91 Å². The molecular formula is C15H31N3O. The van der Waals surface area contributed by atoms with Crippen LogP contribution in [-0.2, 0) is 4.79 Å². The Kier molecular flexibility index (Phi) is 8.07. The minimum atomic E-state index is 0.174. The topological polar surface area (TPSA) is 44.4 Å². The van der Waals surface area contributed by atoms with E-state index in [-0.39, 0.29) is 5.91 Å². The molecule has 0 saturated carbocycles. The Bertz CT molecular complexity index is 252. The van der Waals surface area contributed by atoms with Crippen molar-refractivity contribution in [2.45, 2.75) is 65.0 Å². The van der Waals surface area contributed by atoms with Crippen LogP contribution >= 0.6 is 0 Å². The van der Waals surface area contributed by atoms with Gasteiger partial charge < -0.3 is 10.6 Å². The summed E-state index contributed by atoms with van der Waals surface area (Å²) in [5.41, 5.74) is 0. The standard InChI is InChI=1S/C15H31N3O/c1-4-7-13(3)17-15(19)12-18(10-5-2)11-14-8-6-9-16-14/h13-14,16H,4-12H2,1-3H3,(H,17,19). The molecule has 0 aromatic carbocycles. The van der Waals surface area contributed by atoms with Crippen molar-refractivity contribution in [1.29, 1.82) is 0 Å². The predicted molar refractivity (Wildman–Crippen MR) is 80.3 cm³/mol. The van der Waals surface area contributed by atoms with Gasteiger partial charge in [-0.3, -0.25) is 9.69 Å². The summed E-state index contributed by atoms with van der Waals surface area (Å²) in [7, 11) is 0. The molecule has 0 aromatic rings. The van der Waals surface area contributed by atoms with Crippen molar-refractivity contribution in [3.8, 4) is 0 Å². The van der Waals surface area contributed by atoms with Gasteiger partial charge >= 0.3 is 0 Å². The first-order valence-corrected chi connectivity index (χ1v) is 7.90. The number of carbonyl (C=O) groups excluding carboxylic acids is 1. The van der Waals surface area contributed by atoms with E-state index in [0.29, 0.717) is 18.6 Å². The summed E-state index contributed by atoms with van der Waals surface area (Å²) in [5, 5.41) is 6.60. The Morgan fingerprint density at radius 1 is 1.42 bits per heavy atom. The van der Waals surface area contributed by atoms with E-state index in [4.69, 9.17) is 0 Å². The molecule has 0 aromatic heterocycles. The predicted octanol–water partition coefficient (Wildman–Crippen LogP) is 1.76. The van der Waals surface area contributed by atoms with Crippen molar-refractivity contribution in [1.82, 2.24) is 15.5 Å². The Labute approximate surface area is 118 Å². The van der Waals surface area contributed by atoms with Gasteiger partial charge in [0.1, 0.15) is 0 Å². The first-order valence-electron chi connectivity index (χ1n) is 7.90. The summed E-state index contributed by atoms with van der Waals surface area (Å²) >= 11 is 0. The number of amides is 1. The molecule has 19 heavy (non-hydrogen) atoms. The van der Waals surface area contributed by atoms with E-state index in [1.54, 1.807) is 0 Å². The van der Waals surface area contributed by atoms with Crippen molar-refractivity contribution in [2.24, 2.45) is 0 Å². The summed E-state index contributed by atoms with van der Waals surface area (Å²) in [6.07, 6.45) is 5.79. The fourth-order valence-electron chi connectivity index (χ4n) is 2.80. The first kappa shape index (κ1) is 16.4. The molecule has 1 fully saturated rings. The van der Waals surface area contributed by atoms with E-state index in [1.165, 1.54) is 12.8 Å². The van der Waals surface area contributed by atoms with Crippen LogP contribution in [0, 0.1) is 0 Å². The van der Waals surface area contributed by atoms with E-state index >= 15 is 0 Å². The number of hydrogen-bond donors (Lipinski definition) is 2. The molecule has 0 bridgehead atoms. The average Bonchev–Trinajstić information content (AvgIpc) is 2.82. The molecule has 112 valence electrons. The molecule has 2 unspecified atom stereocenters. The highest BCUT2D eigenvalue weighted by Gasteiger charge is 2.19. The van der Waals surface area contributed by atoms with Gasteiger partial charge in [-0.1, -0.05) is 20.3 Å². The van der Waals surface area contributed by atoms with Crippen LogP contribution in [0.2, 0.25) is 0 Å². The van der Waals surface area contributed by atoms with Crippen LogP contribution in [0.1, 0.15) is 52.9 Å². The van der Waals surface area contributed by atoms with Crippen LogP contribution in [-0.4, -0.2) is 49.1 Å². The molecule has 1 aliphatic rings. The van der Waals surface area contributed by atoms with Gasteiger partial charge in [-0.2, -0.15) is 0 Å². The summed E-state index contributed by atoms with van der Waals surface area (Å²) in [4.78, 5) is 14.3. The molecule has 2 N–H and O–H groups in total. The van der Waals surface area contributed by atoms with Gasteiger partial charge in [0.05, 0.1) is 6.54 Å². The van der Waals surface area contributed by atoms with Gasteiger partial charge in [-0.15, -0.1) is 0 Å². The van der Waals surface area contributed by atoms with Crippen molar-refractivity contribution < 1.29 is 4.79 Å². The Balaban J connectivity index is 2.32. The largest absolute Gasteiger partial charge is 0.353 e. The van der Waals surface area contributed by atoms with Crippen LogP contribution in [0.3, 0.4) is 0 Å². The second kappa shape index (κ2) is 9.32. The summed E-state index contributed by atoms with van der Waals surface area (Å²) in [5.74, 6) is 0.174. The lowest BCUT2D eigenvalue weighted by atomic mass is 10.2. The Morgan fingerprint density at radius 2 is 2.21 bits per heavy atom. The summed E-state index contributed by atoms with van der Waals surface area (Å²) < 4.78 is 0. The quantitative estimate of drug-likeness (QED) is 0.670. The lowest BCUT2D eigenvalue weighted by molar-refractivity contribution is -0.123. The van der Waals surface area contributed by atoms with E-state index in [0.717, 1.165) is 38.9 Å². The molecule has 1 saturated heterocycles. The Hall–Kier alpha value is -0.610. The van der Waals surface area contributed by atoms with Crippen molar-refractivity contribution in [2.75, 3.05) is 26.2 Å². The second-order valence-corrected chi connectivity index (χ2v) is 5.79.